The van der Waals surface area contributed by atoms with Crippen molar-refractivity contribution in [2.24, 2.45) is 13.0 Å². The molecule has 1 aliphatic carbocycles. The first-order valence-electron chi connectivity index (χ1n) is 7.47. The molecule has 0 N–H and O–H groups in total. The first-order chi connectivity index (χ1) is 9.22. The summed E-state index contributed by atoms with van der Waals surface area (Å²) in [5.74, 6) is 1.86. The van der Waals surface area contributed by atoms with E-state index < -0.39 is 0 Å². The second kappa shape index (κ2) is 4.99. The molecule has 1 aromatic heterocycles. The molecule has 3 rings (SSSR count). The third-order valence-electron chi connectivity index (χ3n) is 4.87. The number of fused-ring (bicyclic) bond motifs is 1. The molecule has 2 atom stereocenters. The lowest BCUT2D eigenvalue weighted by atomic mass is 9.78. The maximum atomic E-state index is 11.4. The highest BCUT2D eigenvalue weighted by Gasteiger charge is 2.35. The van der Waals surface area contributed by atoms with Crippen LogP contribution in [0, 0.1) is 12.8 Å². The molecule has 19 heavy (non-hydrogen) atoms. The summed E-state index contributed by atoms with van der Waals surface area (Å²) in [7, 11) is 1.96. The molecule has 1 saturated carbocycles. The number of rotatable bonds is 2. The van der Waals surface area contributed by atoms with Crippen LogP contribution in [-0.4, -0.2) is 28.7 Å². The third-order valence-corrected chi connectivity index (χ3v) is 4.87. The van der Waals surface area contributed by atoms with Crippen LogP contribution in [0.15, 0.2) is 0 Å². The fourth-order valence-corrected chi connectivity index (χ4v) is 4.03. The zero-order chi connectivity index (χ0) is 13.4. The number of nitrogens with zero attached hydrogens (tertiary/aromatic N) is 3. The summed E-state index contributed by atoms with van der Waals surface area (Å²) < 4.78 is 1.90. The van der Waals surface area contributed by atoms with Gasteiger partial charge in [0.2, 0.25) is 0 Å². The van der Waals surface area contributed by atoms with Crippen molar-refractivity contribution in [1.29, 1.82) is 0 Å². The number of hydrogen-bond acceptors (Lipinski definition) is 3. The van der Waals surface area contributed by atoms with Gasteiger partial charge in [0, 0.05) is 19.6 Å². The molecule has 0 amide bonds. The smallest absolute Gasteiger partial charge is 0.155 e. The van der Waals surface area contributed by atoms with E-state index in [1.807, 2.05) is 18.7 Å². The Labute approximate surface area is 114 Å². The van der Waals surface area contributed by atoms with Gasteiger partial charge in [0.1, 0.15) is 5.82 Å². The number of aromatic nitrogens is 2. The van der Waals surface area contributed by atoms with Crippen molar-refractivity contribution in [3.05, 3.63) is 11.3 Å². The highest BCUT2D eigenvalue weighted by molar-refractivity contribution is 5.85. The van der Waals surface area contributed by atoms with Crippen molar-refractivity contribution >= 4 is 12.1 Å². The number of anilines is 1. The fourth-order valence-electron chi connectivity index (χ4n) is 4.03. The Hall–Kier alpha value is -1.32. The zero-order valence-electron chi connectivity index (χ0n) is 11.9. The molecule has 2 unspecified atom stereocenters. The quantitative estimate of drug-likeness (QED) is 0.768. The number of hydrogen-bond donors (Lipinski definition) is 0. The van der Waals surface area contributed by atoms with Crippen LogP contribution in [0.4, 0.5) is 5.82 Å². The summed E-state index contributed by atoms with van der Waals surface area (Å²) in [5, 5.41) is 4.44. The second-order valence-electron chi connectivity index (χ2n) is 6.01. The van der Waals surface area contributed by atoms with Gasteiger partial charge in [-0.25, -0.2) is 0 Å². The van der Waals surface area contributed by atoms with Crippen LogP contribution in [0.2, 0.25) is 0 Å². The van der Waals surface area contributed by atoms with E-state index in [1.54, 1.807) is 0 Å². The van der Waals surface area contributed by atoms with E-state index in [9.17, 15) is 4.79 Å². The zero-order valence-corrected chi connectivity index (χ0v) is 11.9. The molecule has 4 heteroatoms. The molecule has 2 aliphatic rings. The summed E-state index contributed by atoms with van der Waals surface area (Å²) in [4.78, 5) is 13.9. The molecule has 0 bridgehead atoms. The molecule has 0 spiro atoms. The van der Waals surface area contributed by atoms with Crippen molar-refractivity contribution in [2.45, 2.75) is 51.5 Å². The number of aryl methyl sites for hydroxylation is 2. The lowest BCUT2D eigenvalue weighted by Gasteiger charge is -2.45. The molecular formula is C15H23N3O. The Morgan fingerprint density at radius 2 is 1.95 bits per heavy atom. The Bertz CT molecular complexity index is 478. The van der Waals surface area contributed by atoms with Gasteiger partial charge in [0.25, 0.3) is 0 Å². The van der Waals surface area contributed by atoms with Gasteiger partial charge in [-0.2, -0.15) is 5.10 Å². The normalized spacial score (nSPS) is 27.2. The van der Waals surface area contributed by atoms with Crippen molar-refractivity contribution in [3.8, 4) is 0 Å². The van der Waals surface area contributed by atoms with E-state index in [0.717, 1.165) is 35.8 Å². The largest absolute Gasteiger partial charge is 0.353 e. The van der Waals surface area contributed by atoms with E-state index in [-0.39, 0.29) is 0 Å². The molecule has 0 radical (unpaired) electrons. The van der Waals surface area contributed by atoms with Gasteiger partial charge in [0.05, 0.1) is 11.3 Å². The second-order valence-corrected chi connectivity index (χ2v) is 6.01. The predicted octanol–water partition coefficient (Wildman–Crippen LogP) is 2.70. The molecule has 104 valence electrons. The Balaban J connectivity index is 1.98. The van der Waals surface area contributed by atoms with Gasteiger partial charge < -0.3 is 4.90 Å². The average molecular weight is 261 g/mol. The molecule has 0 aromatic carbocycles. The Morgan fingerprint density at radius 1 is 1.21 bits per heavy atom. The predicted molar refractivity (Wildman–Crippen MR) is 75.7 cm³/mol. The number of piperidine rings is 1. The van der Waals surface area contributed by atoms with Gasteiger partial charge in [-0.05, 0) is 38.5 Å². The lowest BCUT2D eigenvalue weighted by Crippen LogP contribution is -2.48. The molecule has 4 nitrogen and oxygen atoms in total. The minimum absolute atomic E-state index is 0.621. The van der Waals surface area contributed by atoms with Gasteiger partial charge in [-0.1, -0.05) is 12.8 Å². The monoisotopic (exact) mass is 261 g/mol. The third kappa shape index (κ3) is 2.07. The average Bonchev–Trinajstić information content (AvgIpc) is 2.72. The van der Waals surface area contributed by atoms with Crippen LogP contribution in [0.3, 0.4) is 0 Å². The maximum absolute atomic E-state index is 11.4. The van der Waals surface area contributed by atoms with E-state index in [4.69, 9.17) is 0 Å². The van der Waals surface area contributed by atoms with E-state index >= 15 is 0 Å². The van der Waals surface area contributed by atoms with E-state index in [2.05, 4.69) is 10.00 Å². The highest BCUT2D eigenvalue weighted by atomic mass is 16.1. The summed E-state index contributed by atoms with van der Waals surface area (Å²) in [6.45, 7) is 3.00. The van der Waals surface area contributed by atoms with Crippen LogP contribution in [0.1, 0.15) is 54.6 Å². The molecule has 1 saturated heterocycles. The maximum Gasteiger partial charge on any atom is 0.155 e. The molecule has 1 aliphatic heterocycles. The topological polar surface area (TPSA) is 38.1 Å². The first-order valence-corrected chi connectivity index (χ1v) is 7.47. The minimum Gasteiger partial charge on any atom is -0.353 e. The molecule has 2 fully saturated rings. The van der Waals surface area contributed by atoms with Gasteiger partial charge in [0.15, 0.2) is 6.29 Å². The summed E-state index contributed by atoms with van der Waals surface area (Å²) in [6, 6.07) is 0.621. The first kappa shape index (κ1) is 12.7. The summed E-state index contributed by atoms with van der Waals surface area (Å²) in [6.07, 6.45) is 8.90. The van der Waals surface area contributed by atoms with Crippen LogP contribution in [0.25, 0.3) is 0 Å². The van der Waals surface area contributed by atoms with E-state index in [1.165, 1.54) is 38.5 Å². The SMILES string of the molecule is Cc1nn(C)c(N2CCCC3CCCCC32)c1C=O. The standard InChI is InChI=1S/C15H23N3O/c1-11-13(10-19)15(17(2)16-11)18-9-5-7-12-6-3-4-8-14(12)18/h10,12,14H,3-9H2,1-2H3. The van der Waals surface area contributed by atoms with Crippen molar-refractivity contribution in [1.82, 2.24) is 9.78 Å². The van der Waals surface area contributed by atoms with Crippen molar-refractivity contribution < 1.29 is 4.79 Å². The molecule has 1 aromatic rings. The van der Waals surface area contributed by atoms with Crippen LogP contribution in [0.5, 0.6) is 0 Å². The number of carbonyl (C=O) groups excluding carboxylic acids is 1. The summed E-state index contributed by atoms with van der Waals surface area (Å²) >= 11 is 0. The van der Waals surface area contributed by atoms with E-state index in [0.29, 0.717) is 6.04 Å². The fraction of sp³-hybridized carbons (Fsp3) is 0.733. The van der Waals surface area contributed by atoms with Crippen molar-refractivity contribution in [2.75, 3.05) is 11.4 Å². The summed E-state index contributed by atoms with van der Waals surface area (Å²) in [5.41, 5.74) is 1.64. The highest BCUT2D eigenvalue weighted by Crippen LogP contribution is 2.38. The van der Waals surface area contributed by atoms with Crippen LogP contribution < -0.4 is 4.90 Å². The Kier molecular flexibility index (Phi) is 3.33. The lowest BCUT2D eigenvalue weighted by molar-refractivity contribution is 0.112. The van der Waals surface area contributed by atoms with Gasteiger partial charge >= 0.3 is 0 Å². The molecular weight excluding hydrogens is 238 g/mol. The van der Waals surface area contributed by atoms with Crippen LogP contribution in [-0.2, 0) is 7.05 Å². The molecule has 2 heterocycles. The number of aldehydes is 1. The minimum atomic E-state index is 0.621. The van der Waals surface area contributed by atoms with Gasteiger partial charge in [-0.15, -0.1) is 0 Å². The van der Waals surface area contributed by atoms with Crippen molar-refractivity contribution in [3.63, 3.8) is 0 Å². The number of carbonyl (C=O) groups is 1. The van der Waals surface area contributed by atoms with Crippen LogP contribution >= 0.6 is 0 Å². The Morgan fingerprint density at radius 3 is 2.74 bits per heavy atom. The van der Waals surface area contributed by atoms with Gasteiger partial charge in [-0.3, -0.25) is 9.48 Å².